The second-order valence-corrected chi connectivity index (χ2v) is 6.61. The van der Waals surface area contributed by atoms with Gasteiger partial charge in [-0.2, -0.15) is 0 Å². The van der Waals surface area contributed by atoms with Crippen molar-refractivity contribution in [3.63, 3.8) is 0 Å². The first-order valence-electron chi connectivity index (χ1n) is 8.15. The number of anilines is 2. The van der Waals surface area contributed by atoms with Crippen LogP contribution in [0.15, 0.2) is 42.6 Å². The molecule has 0 fully saturated rings. The molecule has 1 aliphatic heterocycles. The van der Waals surface area contributed by atoms with E-state index >= 15 is 0 Å². The minimum atomic E-state index is -1.05. The lowest BCUT2D eigenvalue weighted by Gasteiger charge is -2.17. The van der Waals surface area contributed by atoms with Gasteiger partial charge >= 0.3 is 0 Å². The highest BCUT2D eigenvalue weighted by Crippen LogP contribution is 2.33. The van der Waals surface area contributed by atoms with Crippen LogP contribution in [0.3, 0.4) is 0 Å². The molecule has 0 aliphatic carbocycles. The summed E-state index contributed by atoms with van der Waals surface area (Å²) in [5, 5.41) is 3.79. The Hall–Kier alpha value is -3.12. The van der Waals surface area contributed by atoms with Gasteiger partial charge in [0.25, 0.3) is 0 Å². The first kappa shape index (κ1) is 17.3. The lowest BCUT2D eigenvalue weighted by atomic mass is 9.95. The normalized spacial score (nSPS) is 12.9. The fraction of sp³-hybridized carbons (Fsp3) is 0.0500. The Balaban J connectivity index is 1.79. The standard InChI is InChI=1S/C20H14ClF2N3O/c21-12-3-1-10(2-4-12)11-7-13-14(9-26-20(13)25-8-11)19(27)17-15(22)5-6-16(24)18(17)23/h1-7,9,25-26H,8,24H2. The number of benzene rings is 2. The Kier molecular flexibility index (Phi) is 4.20. The van der Waals surface area contributed by atoms with Crippen LogP contribution in [0.2, 0.25) is 5.02 Å². The molecule has 0 saturated carbocycles. The SMILES string of the molecule is Nc1ccc(F)c(C(=O)c2c[nH]c3c2C=C(c2ccc(Cl)cc2)CN3)c1F. The van der Waals surface area contributed by atoms with Crippen LogP contribution in [-0.4, -0.2) is 17.3 Å². The average molecular weight is 386 g/mol. The van der Waals surface area contributed by atoms with E-state index in [2.05, 4.69) is 10.3 Å². The van der Waals surface area contributed by atoms with Crippen LogP contribution < -0.4 is 11.1 Å². The summed E-state index contributed by atoms with van der Waals surface area (Å²) >= 11 is 5.93. The molecule has 3 aromatic rings. The van der Waals surface area contributed by atoms with Crippen LogP contribution in [0.1, 0.15) is 27.0 Å². The summed E-state index contributed by atoms with van der Waals surface area (Å²) in [4.78, 5) is 15.8. The minimum Gasteiger partial charge on any atom is -0.396 e. The fourth-order valence-electron chi connectivity index (χ4n) is 3.09. The van der Waals surface area contributed by atoms with Gasteiger partial charge in [0.1, 0.15) is 11.6 Å². The smallest absolute Gasteiger partial charge is 0.201 e. The zero-order valence-corrected chi connectivity index (χ0v) is 14.7. The van der Waals surface area contributed by atoms with Crippen molar-refractivity contribution in [2.24, 2.45) is 0 Å². The van der Waals surface area contributed by atoms with Gasteiger partial charge < -0.3 is 16.0 Å². The number of ketones is 1. The molecule has 0 radical (unpaired) electrons. The van der Waals surface area contributed by atoms with E-state index < -0.39 is 23.0 Å². The van der Waals surface area contributed by atoms with E-state index in [1.54, 1.807) is 12.1 Å². The summed E-state index contributed by atoms with van der Waals surface area (Å²) in [6.45, 7) is 0.532. The van der Waals surface area contributed by atoms with E-state index in [4.69, 9.17) is 17.3 Å². The number of carbonyl (C=O) groups is 1. The molecule has 7 heteroatoms. The first-order valence-corrected chi connectivity index (χ1v) is 8.53. The van der Waals surface area contributed by atoms with Gasteiger partial charge in [0.05, 0.1) is 11.3 Å². The summed E-state index contributed by atoms with van der Waals surface area (Å²) in [5.74, 6) is -2.17. The molecule has 136 valence electrons. The third-order valence-electron chi connectivity index (χ3n) is 4.50. The summed E-state index contributed by atoms with van der Waals surface area (Å²) in [6, 6.07) is 9.35. The molecule has 4 N–H and O–H groups in total. The molecule has 2 heterocycles. The molecule has 4 nitrogen and oxygen atoms in total. The van der Waals surface area contributed by atoms with Gasteiger partial charge in [-0.15, -0.1) is 0 Å². The number of fused-ring (bicyclic) bond motifs is 1. The number of halogens is 3. The van der Waals surface area contributed by atoms with Crippen molar-refractivity contribution in [2.75, 3.05) is 17.6 Å². The van der Waals surface area contributed by atoms with Gasteiger partial charge in [0, 0.05) is 28.9 Å². The van der Waals surface area contributed by atoms with Gasteiger partial charge in [-0.05, 0) is 41.5 Å². The highest BCUT2D eigenvalue weighted by molar-refractivity contribution is 6.30. The second kappa shape index (κ2) is 6.55. The Morgan fingerprint density at radius 1 is 1.11 bits per heavy atom. The van der Waals surface area contributed by atoms with Crippen molar-refractivity contribution in [1.82, 2.24) is 4.98 Å². The van der Waals surface area contributed by atoms with Crippen LogP contribution in [0.4, 0.5) is 20.3 Å². The molecule has 0 unspecified atom stereocenters. The Labute approximate surface area is 158 Å². The number of aromatic amines is 1. The van der Waals surface area contributed by atoms with Crippen LogP contribution in [0, 0.1) is 11.6 Å². The van der Waals surface area contributed by atoms with Gasteiger partial charge in [-0.3, -0.25) is 4.79 Å². The number of nitrogens with two attached hydrogens (primary N) is 1. The van der Waals surface area contributed by atoms with Crippen LogP contribution in [-0.2, 0) is 0 Å². The van der Waals surface area contributed by atoms with E-state index in [1.807, 2.05) is 18.2 Å². The molecule has 0 bridgehead atoms. The molecule has 0 saturated heterocycles. The molecule has 1 aliphatic rings. The molecule has 0 amide bonds. The highest BCUT2D eigenvalue weighted by atomic mass is 35.5. The lowest BCUT2D eigenvalue weighted by Crippen LogP contribution is -2.13. The van der Waals surface area contributed by atoms with Crippen LogP contribution in [0.5, 0.6) is 0 Å². The topological polar surface area (TPSA) is 70.9 Å². The van der Waals surface area contributed by atoms with E-state index in [1.165, 1.54) is 6.20 Å². The van der Waals surface area contributed by atoms with E-state index in [9.17, 15) is 13.6 Å². The van der Waals surface area contributed by atoms with Crippen molar-refractivity contribution >= 4 is 40.5 Å². The third-order valence-corrected chi connectivity index (χ3v) is 4.75. The Morgan fingerprint density at radius 2 is 1.85 bits per heavy atom. The third kappa shape index (κ3) is 2.98. The summed E-state index contributed by atoms with van der Waals surface area (Å²) < 4.78 is 28.4. The maximum Gasteiger partial charge on any atom is 0.201 e. The quantitative estimate of drug-likeness (QED) is 0.451. The predicted octanol–water partition coefficient (Wildman–Crippen LogP) is 4.73. The maximum atomic E-state index is 14.3. The van der Waals surface area contributed by atoms with Crippen LogP contribution >= 0.6 is 11.6 Å². The Bertz CT molecular complexity index is 1090. The number of aromatic nitrogens is 1. The molecular formula is C20H14ClF2N3O. The fourth-order valence-corrected chi connectivity index (χ4v) is 3.21. The minimum absolute atomic E-state index is 0.159. The zero-order chi connectivity index (χ0) is 19.1. The number of nitrogens with one attached hydrogen (secondary N) is 2. The number of hydrogen-bond donors (Lipinski definition) is 3. The lowest BCUT2D eigenvalue weighted by molar-refractivity contribution is 0.103. The van der Waals surface area contributed by atoms with Crippen molar-refractivity contribution in [1.29, 1.82) is 0 Å². The monoisotopic (exact) mass is 385 g/mol. The van der Waals surface area contributed by atoms with Crippen molar-refractivity contribution < 1.29 is 13.6 Å². The second-order valence-electron chi connectivity index (χ2n) is 6.18. The van der Waals surface area contributed by atoms with Gasteiger partial charge in [-0.1, -0.05) is 23.7 Å². The first-order chi connectivity index (χ1) is 13.0. The summed E-state index contributed by atoms with van der Waals surface area (Å²) in [6.07, 6.45) is 3.25. The van der Waals surface area contributed by atoms with E-state index in [-0.39, 0.29) is 11.3 Å². The number of nitrogen functional groups attached to an aromatic ring is 1. The molecule has 1 aromatic heterocycles. The molecular weight excluding hydrogens is 372 g/mol. The van der Waals surface area contributed by atoms with Crippen molar-refractivity contribution in [3.8, 4) is 0 Å². The summed E-state index contributed by atoms with van der Waals surface area (Å²) in [7, 11) is 0. The zero-order valence-electron chi connectivity index (χ0n) is 13.9. The molecule has 4 rings (SSSR count). The number of rotatable bonds is 3. The van der Waals surface area contributed by atoms with Gasteiger partial charge in [0.2, 0.25) is 5.78 Å². The molecule has 27 heavy (non-hydrogen) atoms. The highest BCUT2D eigenvalue weighted by Gasteiger charge is 2.26. The van der Waals surface area contributed by atoms with E-state index in [0.29, 0.717) is 22.9 Å². The predicted molar refractivity (Wildman–Crippen MR) is 103 cm³/mol. The number of carbonyl (C=O) groups excluding carboxylic acids is 1. The van der Waals surface area contributed by atoms with Gasteiger partial charge in [0.15, 0.2) is 5.82 Å². The largest absolute Gasteiger partial charge is 0.396 e. The van der Waals surface area contributed by atoms with Gasteiger partial charge in [-0.25, -0.2) is 8.78 Å². The number of hydrogen-bond acceptors (Lipinski definition) is 3. The van der Waals surface area contributed by atoms with E-state index in [0.717, 1.165) is 23.3 Å². The molecule has 2 aromatic carbocycles. The molecule has 0 atom stereocenters. The molecule has 0 spiro atoms. The number of H-pyrrole nitrogens is 1. The Morgan fingerprint density at radius 3 is 2.59 bits per heavy atom. The summed E-state index contributed by atoms with van der Waals surface area (Å²) in [5.41, 5.74) is 7.10. The average Bonchev–Trinajstić information content (AvgIpc) is 3.09. The van der Waals surface area contributed by atoms with Crippen molar-refractivity contribution in [2.45, 2.75) is 0 Å². The van der Waals surface area contributed by atoms with Crippen molar-refractivity contribution in [3.05, 3.63) is 81.5 Å². The maximum absolute atomic E-state index is 14.3. The van der Waals surface area contributed by atoms with Crippen LogP contribution in [0.25, 0.3) is 11.6 Å².